The standard InChI is InChI=1S/C30H27BrO8/c1-29(2)38-27(34)30(28(35)39-29,18-24(32)20-11-13-22(31)14-12-20)17-19-9-15-23(16-10-19)37-25(26(33)36-3)21-7-5-4-6-8-21/h4-16,25H,17-18H2,1-3H3. The molecule has 0 radical (unpaired) electrons. The van der Waals surface area contributed by atoms with Crippen LogP contribution in [0.1, 0.15) is 47.9 Å². The molecule has 0 saturated carbocycles. The molecule has 9 heteroatoms. The van der Waals surface area contributed by atoms with Crippen molar-refractivity contribution in [3.63, 3.8) is 0 Å². The van der Waals surface area contributed by atoms with Gasteiger partial charge in [-0.2, -0.15) is 0 Å². The lowest BCUT2D eigenvalue weighted by Gasteiger charge is -2.40. The summed E-state index contributed by atoms with van der Waals surface area (Å²) < 4.78 is 22.5. The zero-order chi connectivity index (χ0) is 28.2. The minimum Gasteiger partial charge on any atom is -0.474 e. The predicted octanol–water partition coefficient (Wildman–Crippen LogP) is 5.38. The van der Waals surface area contributed by atoms with E-state index >= 15 is 0 Å². The van der Waals surface area contributed by atoms with E-state index in [1.807, 2.05) is 6.07 Å². The number of hydrogen-bond donors (Lipinski definition) is 0. The van der Waals surface area contributed by atoms with E-state index in [0.717, 1.165) is 4.47 Å². The summed E-state index contributed by atoms with van der Waals surface area (Å²) in [6.07, 6.45) is -1.55. The predicted molar refractivity (Wildman–Crippen MR) is 144 cm³/mol. The number of carbonyl (C=O) groups is 4. The lowest BCUT2D eigenvalue weighted by atomic mass is 9.75. The highest BCUT2D eigenvalue weighted by molar-refractivity contribution is 9.10. The Balaban J connectivity index is 1.60. The SMILES string of the molecule is COC(=O)C(Oc1ccc(CC2(CC(=O)c3ccc(Br)cc3)C(=O)OC(C)(C)OC2=O)cc1)c1ccccc1. The van der Waals surface area contributed by atoms with E-state index in [2.05, 4.69) is 15.9 Å². The molecular weight excluding hydrogens is 568 g/mol. The highest BCUT2D eigenvalue weighted by atomic mass is 79.9. The molecule has 0 bridgehead atoms. The van der Waals surface area contributed by atoms with E-state index < -0.39 is 47.4 Å². The molecule has 1 fully saturated rings. The molecule has 1 unspecified atom stereocenters. The molecule has 0 spiro atoms. The summed E-state index contributed by atoms with van der Waals surface area (Å²) in [6, 6.07) is 22.1. The molecule has 3 aromatic rings. The third-order valence-corrected chi connectivity index (χ3v) is 6.82. The molecule has 8 nitrogen and oxygen atoms in total. The van der Waals surface area contributed by atoms with Crippen molar-refractivity contribution in [1.82, 2.24) is 0 Å². The Labute approximate surface area is 234 Å². The number of hydrogen-bond acceptors (Lipinski definition) is 8. The molecule has 0 aliphatic carbocycles. The topological polar surface area (TPSA) is 105 Å². The highest BCUT2D eigenvalue weighted by Gasteiger charge is 2.57. The molecule has 0 aromatic heterocycles. The molecule has 1 saturated heterocycles. The highest BCUT2D eigenvalue weighted by Crippen LogP contribution is 2.39. The molecule has 1 atom stereocenters. The number of cyclic esters (lactones) is 2. The zero-order valence-corrected chi connectivity index (χ0v) is 23.2. The summed E-state index contributed by atoms with van der Waals surface area (Å²) in [4.78, 5) is 52.1. The van der Waals surface area contributed by atoms with Gasteiger partial charge in [-0.1, -0.05) is 70.5 Å². The first-order valence-electron chi connectivity index (χ1n) is 12.2. The summed E-state index contributed by atoms with van der Waals surface area (Å²) in [5, 5.41) is 0. The van der Waals surface area contributed by atoms with Crippen LogP contribution < -0.4 is 4.74 Å². The van der Waals surface area contributed by atoms with E-state index in [1.165, 1.54) is 21.0 Å². The number of ketones is 1. The molecule has 39 heavy (non-hydrogen) atoms. The molecule has 1 aliphatic rings. The van der Waals surface area contributed by atoms with Crippen LogP contribution in [0.25, 0.3) is 0 Å². The van der Waals surface area contributed by atoms with Crippen molar-refractivity contribution in [2.24, 2.45) is 5.41 Å². The van der Waals surface area contributed by atoms with Crippen molar-refractivity contribution in [3.8, 4) is 5.75 Å². The second-order valence-corrected chi connectivity index (χ2v) is 10.5. The fourth-order valence-electron chi connectivity index (χ4n) is 4.27. The lowest BCUT2D eigenvalue weighted by Crippen LogP contribution is -2.55. The molecule has 0 N–H and O–H groups in total. The van der Waals surface area contributed by atoms with Gasteiger partial charge in [0, 0.05) is 35.9 Å². The maximum absolute atomic E-state index is 13.3. The molecule has 3 aromatic carbocycles. The third-order valence-electron chi connectivity index (χ3n) is 6.29. The second-order valence-electron chi connectivity index (χ2n) is 9.62. The van der Waals surface area contributed by atoms with Gasteiger partial charge in [0.05, 0.1) is 7.11 Å². The van der Waals surface area contributed by atoms with Crippen LogP contribution in [0, 0.1) is 5.41 Å². The van der Waals surface area contributed by atoms with Crippen molar-refractivity contribution >= 4 is 39.6 Å². The minimum atomic E-state index is -1.87. The van der Waals surface area contributed by atoms with Gasteiger partial charge in [0.15, 0.2) is 11.2 Å². The molecule has 4 rings (SSSR count). The van der Waals surface area contributed by atoms with E-state index in [4.69, 9.17) is 18.9 Å². The quantitative estimate of drug-likeness (QED) is 0.185. The zero-order valence-electron chi connectivity index (χ0n) is 21.6. The van der Waals surface area contributed by atoms with Gasteiger partial charge in [-0.15, -0.1) is 0 Å². The van der Waals surface area contributed by atoms with Crippen molar-refractivity contribution in [2.75, 3.05) is 7.11 Å². The average molecular weight is 595 g/mol. The smallest absolute Gasteiger partial charge is 0.351 e. The van der Waals surface area contributed by atoms with Crippen LogP contribution in [0.5, 0.6) is 5.75 Å². The molecular formula is C30H27BrO8. The van der Waals surface area contributed by atoms with E-state index in [1.54, 1.807) is 72.8 Å². The summed E-state index contributed by atoms with van der Waals surface area (Å²) in [7, 11) is 1.28. The van der Waals surface area contributed by atoms with Crippen LogP contribution in [0.4, 0.5) is 0 Å². The number of halogens is 1. The normalized spacial score (nSPS) is 16.4. The lowest BCUT2D eigenvalue weighted by molar-refractivity contribution is -0.250. The summed E-state index contributed by atoms with van der Waals surface area (Å²) in [5.74, 6) is -3.71. The first kappa shape index (κ1) is 28.0. The Hall–Kier alpha value is -3.98. The van der Waals surface area contributed by atoms with Gasteiger partial charge in [0.1, 0.15) is 5.75 Å². The van der Waals surface area contributed by atoms with Crippen LogP contribution >= 0.6 is 15.9 Å². The monoisotopic (exact) mass is 594 g/mol. The van der Waals surface area contributed by atoms with Crippen LogP contribution in [-0.2, 0) is 35.0 Å². The molecule has 202 valence electrons. The number of ether oxygens (including phenoxy) is 4. The first-order chi connectivity index (χ1) is 18.5. The van der Waals surface area contributed by atoms with Gasteiger partial charge in [-0.3, -0.25) is 14.4 Å². The van der Waals surface area contributed by atoms with Gasteiger partial charge in [0.2, 0.25) is 6.10 Å². The summed E-state index contributed by atoms with van der Waals surface area (Å²) >= 11 is 3.33. The first-order valence-corrected chi connectivity index (χ1v) is 13.0. The largest absolute Gasteiger partial charge is 0.474 e. The Morgan fingerprint density at radius 3 is 2.03 bits per heavy atom. The Morgan fingerprint density at radius 2 is 1.46 bits per heavy atom. The Kier molecular flexibility index (Phi) is 8.20. The molecule has 1 heterocycles. The maximum atomic E-state index is 13.3. The fourth-order valence-corrected chi connectivity index (χ4v) is 4.53. The summed E-state index contributed by atoms with van der Waals surface area (Å²) in [5.41, 5.74) is -0.342. The second kappa shape index (κ2) is 11.4. The average Bonchev–Trinajstić information content (AvgIpc) is 2.91. The molecule has 1 aliphatic heterocycles. The van der Waals surface area contributed by atoms with Gasteiger partial charge in [0.25, 0.3) is 5.79 Å². The van der Waals surface area contributed by atoms with Gasteiger partial charge in [-0.05, 0) is 36.2 Å². The van der Waals surface area contributed by atoms with Gasteiger partial charge in [-0.25, -0.2) is 4.79 Å². The number of methoxy groups -OCH3 is 1. The Morgan fingerprint density at radius 1 is 0.872 bits per heavy atom. The number of esters is 3. The molecule has 0 amide bonds. The van der Waals surface area contributed by atoms with Crippen LogP contribution in [-0.4, -0.2) is 36.6 Å². The van der Waals surface area contributed by atoms with E-state index in [9.17, 15) is 19.2 Å². The fraction of sp³-hybridized carbons (Fsp3) is 0.267. The third kappa shape index (κ3) is 6.37. The minimum absolute atomic E-state index is 0.136. The van der Waals surface area contributed by atoms with Crippen LogP contribution in [0.15, 0.2) is 83.3 Å². The van der Waals surface area contributed by atoms with Crippen LogP contribution in [0.3, 0.4) is 0 Å². The van der Waals surface area contributed by atoms with E-state index in [0.29, 0.717) is 22.4 Å². The number of benzene rings is 3. The van der Waals surface area contributed by atoms with Crippen molar-refractivity contribution < 1.29 is 38.1 Å². The van der Waals surface area contributed by atoms with E-state index in [-0.39, 0.29) is 6.42 Å². The van der Waals surface area contributed by atoms with Crippen molar-refractivity contribution in [1.29, 1.82) is 0 Å². The van der Waals surface area contributed by atoms with Gasteiger partial charge >= 0.3 is 17.9 Å². The van der Waals surface area contributed by atoms with Crippen molar-refractivity contribution in [2.45, 2.75) is 38.6 Å². The number of carbonyl (C=O) groups excluding carboxylic acids is 4. The maximum Gasteiger partial charge on any atom is 0.351 e. The van der Waals surface area contributed by atoms with Gasteiger partial charge < -0.3 is 18.9 Å². The number of rotatable bonds is 9. The van der Waals surface area contributed by atoms with Crippen molar-refractivity contribution in [3.05, 3.63) is 100 Å². The number of Topliss-reactive ketones (excluding diaryl/α,β-unsaturated/α-hetero) is 1. The Bertz CT molecular complexity index is 1340. The summed E-state index contributed by atoms with van der Waals surface area (Å²) in [6.45, 7) is 2.92. The van der Waals surface area contributed by atoms with Crippen LogP contribution in [0.2, 0.25) is 0 Å².